The van der Waals surface area contributed by atoms with Crippen molar-refractivity contribution >= 4 is 5.91 Å². The summed E-state index contributed by atoms with van der Waals surface area (Å²) in [7, 11) is 0. The van der Waals surface area contributed by atoms with Gasteiger partial charge in [0.25, 0.3) is 5.89 Å². The average Bonchev–Trinajstić information content (AvgIpc) is 3.31. The Labute approximate surface area is 156 Å². The predicted octanol–water partition coefficient (Wildman–Crippen LogP) is 2.85. The van der Waals surface area contributed by atoms with E-state index in [1.54, 1.807) is 12.1 Å². The fraction of sp³-hybridized carbons (Fsp3) is 0.350. The van der Waals surface area contributed by atoms with Gasteiger partial charge in [-0.25, -0.2) is 4.79 Å². The minimum Gasteiger partial charge on any atom is -0.459 e. The molecule has 27 heavy (non-hydrogen) atoms. The van der Waals surface area contributed by atoms with Crippen molar-refractivity contribution in [1.29, 1.82) is 0 Å². The van der Waals surface area contributed by atoms with Crippen LogP contribution < -0.4 is 11.1 Å². The zero-order valence-corrected chi connectivity index (χ0v) is 15.1. The highest BCUT2D eigenvalue weighted by Crippen LogP contribution is 2.24. The molecule has 0 fully saturated rings. The van der Waals surface area contributed by atoms with Crippen LogP contribution in [0.5, 0.6) is 0 Å². The SMILES string of the molecule is CC(NC(=O)Cn1nc(-c2ccco2)oc1=O)c1ccc2c(c1)CCCC2. The number of hydrogen-bond acceptors (Lipinski definition) is 5. The quantitative estimate of drug-likeness (QED) is 0.749. The van der Waals surface area contributed by atoms with Crippen molar-refractivity contribution in [2.24, 2.45) is 0 Å². The number of benzene rings is 1. The van der Waals surface area contributed by atoms with Crippen molar-refractivity contribution < 1.29 is 13.6 Å². The standard InChI is InChI=1S/C20H21N3O4/c1-13(15-9-8-14-5-2-3-6-16(14)11-15)21-18(24)12-23-20(25)27-19(22-23)17-7-4-10-26-17/h4,7-11,13H,2-3,5-6,12H2,1H3,(H,21,24). The second-order valence-electron chi connectivity index (χ2n) is 6.83. The number of furan rings is 1. The summed E-state index contributed by atoms with van der Waals surface area (Å²) in [4.78, 5) is 24.3. The molecule has 0 bridgehead atoms. The van der Waals surface area contributed by atoms with E-state index in [9.17, 15) is 9.59 Å². The highest BCUT2D eigenvalue weighted by molar-refractivity contribution is 5.76. The van der Waals surface area contributed by atoms with E-state index in [-0.39, 0.29) is 24.4 Å². The maximum atomic E-state index is 12.4. The molecule has 2 heterocycles. The molecule has 1 aliphatic carbocycles. The van der Waals surface area contributed by atoms with Gasteiger partial charge in [-0.3, -0.25) is 4.79 Å². The molecule has 1 aliphatic rings. The Kier molecular flexibility index (Phi) is 4.66. The highest BCUT2D eigenvalue weighted by Gasteiger charge is 2.17. The largest absolute Gasteiger partial charge is 0.459 e. The fourth-order valence-electron chi connectivity index (χ4n) is 3.44. The molecule has 2 aromatic heterocycles. The van der Waals surface area contributed by atoms with Crippen LogP contribution in [0.3, 0.4) is 0 Å². The van der Waals surface area contributed by atoms with E-state index >= 15 is 0 Å². The monoisotopic (exact) mass is 367 g/mol. The van der Waals surface area contributed by atoms with Gasteiger partial charge in [0.2, 0.25) is 5.91 Å². The molecule has 3 aromatic rings. The summed E-state index contributed by atoms with van der Waals surface area (Å²) in [5.74, 6) is -0.603. The first-order valence-electron chi connectivity index (χ1n) is 9.13. The molecular formula is C20H21N3O4. The molecule has 4 rings (SSSR count). The predicted molar refractivity (Wildman–Crippen MR) is 98.1 cm³/mol. The van der Waals surface area contributed by atoms with Crippen LogP contribution in [-0.2, 0) is 24.2 Å². The molecule has 1 unspecified atom stereocenters. The minimum atomic E-state index is -0.696. The lowest BCUT2D eigenvalue weighted by Crippen LogP contribution is -2.33. The summed E-state index contributed by atoms with van der Waals surface area (Å²) < 4.78 is 11.2. The maximum Gasteiger partial charge on any atom is 0.437 e. The van der Waals surface area contributed by atoms with E-state index in [1.807, 2.05) is 6.92 Å². The fourth-order valence-corrected chi connectivity index (χ4v) is 3.44. The molecule has 7 nitrogen and oxygen atoms in total. The first kappa shape index (κ1) is 17.3. The second kappa shape index (κ2) is 7.26. The zero-order chi connectivity index (χ0) is 18.8. The van der Waals surface area contributed by atoms with Gasteiger partial charge in [0, 0.05) is 0 Å². The van der Waals surface area contributed by atoms with E-state index in [4.69, 9.17) is 8.83 Å². The summed E-state index contributed by atoms with van der Waals surface area (Å²) in [6.07, 6.45) is 6.13. The Bertz CT molecular complexity index is 1000. The average molecular weight is 367 g/mol. The summed E-state index contributed by atoms with van der Waals surface area (Å²) in [6.45, 7) is 1.72. The first-order chi connectivity index (χ1) is 13.1. The normalized spacial score (nSPS) is 14.6. The molecule has 1 N–H and O–H groups in total. The van der Waals surface area contributed by atoms with Crippen molar-refractivity contribution in [2.45, 2.75) is 45.2 Å². The number of aromatic nitrogens is 2. The van der Waals surface area contributed by atoms with Gasteiger partial charge in [-0.05, 0) is 61.4 Å². The summed E-state index contributed by atoms with van der Waals surface area (Å²) in [6, 6.07) is 9.54. The van der Waals surface area contributed by atoms with Crippen molar-refractivity contribution in [1.82, 2.24) is 15.1 Å². The molecule has 0 spiro atoms. The van der Waals surface area contributed by atoms with Gasteiger partial charge < -0.3 is 14.2 Å². The van der Waals surface area contributed by atoms with Gasteiger partial charge >= 0.3 is 5.76 Å². The Morgan fingerprint density at radius 1 is 1.26 bits per heavy atom. The number of aryl methyl sites for hydroxylation is 2. The van der Waals surface area contributed by atoms with E-state index in [0.29, 0.717) is 5.76 Å². The van der Waals surface area contributed by atoms with Crippen LogP contribution in [0.2, 0.25) is 0 Å². The van der Waals surface area contributed by atoms with Gasteiger partial charge in [0.05, 0.1) is 12.3 Å². The molecule has 0 saturated carbocycles. The number of nitrogens with zero attached hydrogens (tertiary/aromatic N) is 2. The first-order valence-corrected chi connectivity index (χ1v) is 9.13. The van der Waals surface area contributed by atoms with Crippen molar-refractivity contribution in [3.63, 3.8) is 0 Å². The third-order valence-corrected chi connectivity index (χ3v) is 4.88. The molecule has 0 aliphatic heterocycles. The third kappa shape index (κ3) is 3.72. The number of fused-ring (bicyclic) bond motifs is 1. The van der Waals surface area contributed by atoms with Crippen LogP contribution in [0.4, 0.5) is 0 Å². The highest BCUT2D eigenvalue weighted by atomic mass is 16.4. The maximum absolute atomic E-state index is 12.4. The van der Waals surface area contributed by atoms with Gasteiger partial charge in [-0.1, -0.05) is 18.2 Å². The molecule has 1 amide bonds. The number of carbonyl (C=O) groups excluding carboxylic acids is 1. The molecule has 7 heteroatoms. The van der Waals surface area contributed by atoms with Gasteiger partial charge in [-0.2, -0.15) is 4.68 Å². The molecule has 0 saturated heterocycles. The van der Waals surface area contributed by atoms with Crippen LogP contribution in [0.25, 0.3) is 11.7 Å². The molecular weight excluding hydrogens is 346 g/mol. The second-order valence-corrected chi connectivity index (χ2v) is 6.83. The van der Waals surface area contributed by atoms with E-state index in [1.165, 1.54) is 30.2 Å². The Balaban J connectivity index is 1.43. The number of carbonyl (C=O) groups is 1. The van der Waals surface area contributed by atoms with Gasteiger partial charge in [-0.15, -0.1) is 5.10 Å². The molecule has 1 aromatic carbocycles. The topological polar surface area (TPSA) is 90.3 Å². The summed E-state index contributed by atoms with van der Waals surface area (Å²) >= 11 is 0. The minimum absolute atomic E-state index is 0.0561. The van der Waals surface area contributed by atoms with Gasteiger partial charge in [0.1, 0.15) is 6.54 Å². The van der Waals surface area contributed by atoms with Gasteiger partial charge in [0.15, 0.2) is 5.76 Å². The van der Waals surface area contributed by atoms with Crippen LogP contribution in [0.1, 0.15) is 42.5 Å². The van der Waals surface area contributed by atoms with Crippen molar-refractivity contribution in [3.05, 3.63) is 63.8 Å². The summed E-state index contributed by atoms with van der Waals surface area (Å²) in [5, 5.41) is 6.93. The Hall–Kier alpha value is -3.09. The van der Waals surface area contributed by atoms with Crippen LogP contribution in [-0.4, -0.2) is 15.7 Å². The molecule has 1 atom stereocenters. The summed E-state index contributed by atoms with van der Waals surface area (Å²) in [5.41, 5.74) is 3.84. The lowest BCUT2D eigenvalue weighted by atomic mass is 9.89. The van der Waals surface area contributed by atoms with E-state index in [0.717, 1.165) is 23.1 Å². The number of nitrogens with one attached hydrogen (secondary N) is 1. The molecule has 140 valence electrons. The Morgan fingerprint density at radius 3 is 2.85 bits per heavy atom. The number of rotatable bonds is 5. The van der Waals surface area contributed by atoms with E-state index < -0.39 is 5.76 Å². The lowest BCUT2D eigenvalue weighted by molar-refractivity contribution is -0.122. The zero-order valence-electron chi connectivity index (χ0n) is 15.1. The number of amides is 1. The van der Waals surface area contributed by atoms with Crippen molar-refractivity contribution in [2.75, 3.05) is 0 Å². The van der Waals surface area contributed by atoms with E-state index in [2.05, 4.69) is 28.6 Å². The molecule has 0 radical (unpaired) electrons. The number of hydrogen-bond donors (Lipinski definition) is 1. The Morgan fingerprint density at radius 2 is 2.07 bits per heavy atom. The lowest BCUT2D eigenvalue weighted by Gasteiger charge is -2.20. The van der Waals surface area contributed by atoms with Crippen LogP contribution in [0, 0.1) is 0 Å². The van der Waals surface area contributed by atoms with Crippen LogP contribution >= 0.6 is 0 Å². The smallest absolute Gasteiger partial charge is 0.437 e. The van der Waals surface area contributed by atoms with Crippen molar-refractivity contribution in [3.8, 4) is 11.7 Å². The van der Waals surface area contributed by atoms with Crippen LogP contribution in [0.15, 0.2) is 50.2 Å². The third-order valence-electron chi connectivity index (χ3n) is 4.88.